The number of carbonyl (C=O) groups excluding carboxylic acids is 1. The summed E-state index contributed by atoms with van der Waals surface area (Å²) in [6.45, 7) is 8.10. The molecule has 0 fully saturated rings. The Hall–Kier alpha value is -1.95. The number of amides is 1. The molecule has 0 bridgehead atoms. The smallest absolute Gasteiger partial charge is 0.267 e. The lowest BCUT2D eigenvalue weighted by atomic mass is 9.98. The molecule has 0 spiro atoms. The van der Waals surface area contributed by atoms with Crippen LogP contribution in [0, 0.1) is 0 Å². The highest BCUT2D eigenvalue weighted by molar-refractivity contribution is 7.15. The fourth-order valence-electron chi connectivity index (χ4n) is 1.75. The Morgan fingerprint density at radius 1 is 1.27 bits per heavy atom. The summed E-state index contributed by atoms with van der Waals surface area (Å²) < 4.78 is 5.72. The van der Waals surface area contributed by atoms with E-state index in [9.17, 15) is 4.79 Å². The number of nitrogens with one attached hydrogen (secondary N) is 1. The Morgan fingerprint density at radius 3 is 2.50 bits per heavy atom. The third kappa shape index (κ3) is 4.27. The van der Waals surface area contributed by atoms with E-state index in [-0.39, 0.29) is 11.3 Å². The molecule has 6 heteroatoms. The second-order valence-corrected chi connectivity index (χ2v) is 6.96. The lowest BCUT2D eigenvalue weighted by Gasteiger charge is -2.16. The highest BCUT2D eigenvalue weighted by Crippen LogP contribution is 2.27. The van der Waals surface area contributed by atoms with Crippen molar-refractivity contribution >= 4 is 22.4 Å². The first-order valence-corrected chi connectivity index (χ1v) is 8.08. The topological polar surface area (TPSA) is 64.1 Å². The molecule has 0 saturated carbocycles. The molecule has 1 aromatic carbocycles. The van der Waals surface area contributed by atoms with Crippen LogP contribution in [0.1, 0.15) is 39.1 Å². The Bertz CT molecular complexity index is 620. The molecule has 0 aliphatic heterocycles. The molecule has 1 atom stereocenters. The number of hydrogen-bond acceptors (Lipinski definition) is 5. The zero-order chi connectivity index (χ0) is 16.2. The van der Waals surface area contributed by atoms with Crippen LogP contribution in [0.3, 0.4) is 0 Å². The number of benzene rings is 1. The largest absolute Gasteiger partial charge is 0.481 e. The van der Waals surface area contributed by atoms with Gasteiger partial charge in [-0.25, -0.2) is 0 Å². The number of ether oxygens (including phenoxy) is 1. The molecule has 1 heterocycles. The minimum atomic E-state index is -0.551. The van der Waals surface area contributed by atoms with E-state index in [2.05, 4.69) is 36.3 Å². The van der Waals surface area contributed by atoms with Crippen molar-refractivity contribution < 1.29 is 9.53 Å². The number of carbonyl (C=O) groups is 1. The van der Waals surface area contributed by atoms with Crippen LogP contribution >= 0.6 is 11.3 Å². The van der Waals surface area contributed by atoms with Crippen LogP contribution in [-0.2, 0) is 10.2 Å². The van der Waals surface area contributed by atoms with Crippen LogP contribution < -0.4 is 10.1 Å². The van der Waals surface area contributed by atoms with Gasteiger partial charge in [0.25, 0.3) is 5.91 Å². The van der Waals surface area contributed by atoms with Crippen molar-refractivity contribution in [3.05, 3.63) is 35.3 Å². The fraction of sp³-hybridized carbons (Fsp3) is 0.438. The molecule has 1 aromatic heterocycles. The van der Waals surface area contributed by atoms with Crippen LogP contribution in [0.4, 0.5) is 5.13 Å². The quantitative estimate of drug-likeness (QED) is 0.914. The Kier molecular flexibility index (Phi) is 5.13. The number of rotatable bonds is 5. The summed E-state index contributed by atoms with van der Waals surface area (Å²) in [7, 11) is 0. The van der Waals surface area contributed by atoms with Crippen molar-refractivity contribution in [2.75, 3.05) is 5.32 Å². The first-order valence-electron chi connectivity index (χ1n) is 7.26. The minimum Gasteiger partial charge on any atom is -0.481 e. The van der Waals surface area contributed by atoms with Gasteiger partial charge in [0.2, 0.25) is 5.13 Å². The number of aromatic nitrogens is 2. The molecular formula is C16H21N3O2S. The Morgan fingerprint density at radius 2 is 1.95 bits per heavy atom. The minimum absolute atomic E-state index is 0.0780. The van der Waals surface area contributed by atoms with Crippen LogP contribution in [0.2, 0.25) is 0 Å². The molecule has 0 radical (unpaired) electrons. The molecule has 5 nitrogen and oxygen atoms in total. The molecule has 1 N–H and O–H groups in total. The molecule has 2 aromatic rings. The van der Waals surface area contributed by atoms with Crippen LogP contribution in [0.15, 0.2) is 30.3 Å². The summed E-state index contributed by atoms with van der Waals surface area (Å²) in [5.74, 6) is 0.472. The lowest BCUT2D eigenvalue weighted by Crippen LogP contribution is -2.32. The lowest BCUT2D eigenvalue weighted by molar-refractivity contribution is -0.122. The number of anilines is 1. The first-order chi connectivity index (χ1) is 10.4. The van der Waals surface area contributed by atoms with Gasteiger partial charge in [-0.15, -0.1) is 10.2 Å². The third-order valence-electron chi connectivity index (χ3n) is 2.98. The predicted molar refractivity (Wildman–Crippen MR) is 88.4 cm³/mol. The van der Waals surface area contributed by atoms with Crippen molar-refractivity contribution in [1.82, 2.24) is 10.2 Å². The summed E-state index contributed by atoms with van der Waals surface area (Å²) in [5, 5.41) is 12.3. The van der Waals surface area contributed by atoms with Gasteiger partial charge in [-0.05, 0) is 18.6 Å². The normalized spacial score (nSPS) is 12.7. The summed E-state index contributed by atoms with van der Waals surface area (Å²) in [6.07, 6.45) is 0.0236. The third-order valence-corrected chi connectivity index (χ3v) is 4.25. The van der Waals surface area contributed by atoms with Crippen molar-refractivity contribution in [1.29, 1.82) is 0 Å². The highest BCUT2D eigenvalue weighted by atomic mass is 32.1. The SMILES string of the molecule is CC[C@H](Oc1ccccc1)C(=O)Nc1nnc(C(C)(C)C)s1. The second kappa shape index (κ2) is 6.87. The van der Waals surface area contributed by atoms with Gasteiger partial charge in [-0.1, -0.05) is 57.2 Å². The number of nitrogens with zero attached hydrogens (tertiary/aromatic N) is 2. The average Bonchev–Trinajstić information content (AvgIpc) is 2.94. The summed E-state index contributed by atoms with van der Waals surface area (Å²) in [6, 6.07) is 9.32. The average molecular weight is 319 g/mol. The predicted octanol–water partition coefficient (Wildman–Crippen LogP) is 3.63. The van der Waals surface area contributed by atoms with E-state index in [0.717, 1.165) is 5.01 Å². The van der Waals surface area contributed by atoms with Gasteiger partial charge in [-0.3, -0.25) is 10.1 Å². The number of para-hydroxylation sites is 1. The maximum atomic E-state index is 12.3. The molecular weight excluding hydrogens is 298 g/mol. The second-order valence-electron chi connectivity index (χ2n) is 5.98. The van der Waals surface area contributed by atoms with Crippen LogP contribution in [-0.4, -0.2) is 22.2 Å². The molecule has 2 rings (SSSR count). The highest BCUT2D eigenvalue weighted by Gasteiger charge is 2.23. The van der Waals surface area contributed by atoms with E-state index in [0.29, 0.717) is 17.3 Å². The van der Waals surface area contributed by atoms with E-state index < -0.39 is 6.10 Å². The van der Waals surface area contributed by atoms with Gasteiger partial charge in [0.15, 0.2) is 6.10 Å². The van der Waals surface area contributed by atoms with Crippen molar-refractivity contribution in [3.63, 3.8) is 0 Å². The monoisotopic (exact) mass is 319 g/mol. The summed E-state index contributed by atoms with van der Waals surface area (Å²) in [4.78, 5) is 12.3. The zero-order valence-corrected chi connectivity index (χ0v) is 14.1. The molecule has 0 saturated heterocycles. The van der Waals surface area contributed by atoms with Crippen molar-refractivity contribution in [3.8, 4) is 5.75 Å². The fourth-order valence-corrected chi connectivity index (χ4v) is 2.55. The molecule has 0 aliphatic carbocycles. The van der Waals surface area contributed by atoms with Gasteiger partial charge in [-0.2, -0.15) is 0 Å². The molecule has 0 unspecified atom stereocenters. The molecule has 1 amide bonds. The maximum Gasteiger partial charge on any atom is 0.267 e. The van der Waals surface area contributed by atoms with E-state index in [1.54, 1.807) is 0 Å². The molecule has 22 heavy (non-hydrogen) atoms. The van der Waals surface area contributed by atoms with E-state index in [4.69, 9.17) is 4.74 Å². The summed E-state index contributed by atoms with van der Waals surface area (Å²) >= 11 is 1.39. The van der Waals surface area contributed by atoms with Crippen molar-refractivity contribution in [2.24, 2.45) is 0 Å². The molecule has 118 valence electrons. The Balaban J connectivity index is 2.02. The van der Waals surface area contributed by atoms with Gasteiger partial charge in [0.1, 0.15) is 10.8 Å². The molecule has 0 aliphatic rings. The number of hydrogen-bond donors (Lipinski definition) is 1. The van der Waals surface area contributed by atoms with E-state index in [1.165, 1.54) is 11.3 Å². The first kappa shape index (κ1) is 16.4. The Labute approximate surface area is 134 Å². The van der Waals surface area contributed by atoms with Gasteiger partial charge in [0, 0.05) is 5.41 Å². The van der Waals surface area contributed by atoms with Crippen LogP contribution in [0.5, 0.6) is 5.75 Å². The van der Waals surface area contributed by atoms with Gasteiger partial charge < -0.3 is 4.74 Å². The van der Waals surface area contributed by atoms with Gasteiger partial charge >= 0.3 is 0 Å². The summed E-state index contributed by atoms with van der Waals surface area (Å²) in [5.41, 5.74) is -0.0780. The van der Waals surface area contributed by atoms with Crippen molar-refractivity contribution in [2.45, 2.75) is 45.6 Å². The maximum absolute atomic E-state index is 12.3. The van der Waals surface area contributed by atoms with Crippen LogP contribution in [0.25, 0.3) is 0 Å². The standard InChI is InChI=1S/C16H21N3O2S/c1-5-12(21-11-9-7-6-8-10-11)13(20)17-15-19-18-14(22-15)16(2,3)4/h6-10,12H,5H2,1-4H3,(H,17,19,20)/t12-/m0/s1. The van der Waals surface area contributed by atoms with E-state index >= 15 is 0 Å². The van der Waals surface area contributed by atoms with E-state index in [1.807, 2.05) is 37.3 Å². The zero-order valence-electron chi connectivity index (χ0n) is 13.3. The van der Waals surface area contributed by atoms with Gasteiger partial charge in [0.05, 0.1) is 0 Å².